The van der Waals surface area contributed by atoms with E-state index in [0.717, 1.165) is 19.5 Å². The van der Waals surface area contributed by atoms with Gasteiger partial charge in [0.25, 0.3) is 5.91 Å². The normalized spacial score (nSPS) is 16.8. The number of hydrogen-bond donors (Lipinski definition) is 1. The van der Waals surface area contributed by atoms with Crippen molar-refractivity contribution in [3.05, 3.63) is 29.8 Å². The first-order valence-electron chi connectivity index (χ1n) is 8.97. The van der Waals surface area contributed by atoms with E-state index in [2.05, 4.69) is 5.32 Å². The highest BCUT2D eigenvalue weighted by Crippen LogP contribution is 2.18. The second-order valence-electron chi connectivity index (χ2n) is 6.48. The Bertz CT molecular complexity index is 700. The van der Waals surface area contributed by atoms with Gasteiger partial charge in [0.05, 0.1) is 18.1 Å². The molecule has 1 aliphatic rings. The molecule has 0 spiro atoms. The van der Waals surface area contributed by atoms with Crippen molar-refractivity contribution in [2.45, 2.75) is 17.4 Å². The average molecular weight is 436 g/mol. The lowest BCUT2D eigenvalue weighted by Gasteiger charge is -2.24. The van der Waals surface area contributed by atoms with Crippen molar-refractivity contribution >= 4 is 28.3 Å². The molecule has 1 amide bonds. The fraction of sp³-hybridized carbons (Fsp3) is 0.611. The first kappa shape index (κ1) is 24.8. The first-order chi connectivity index (χ1) is 12.9. The van der Waals surface area contributed by atoms with Gasteiger partial charge in [-0.05, 0) is 37.2 Å². The monoisotopic (exact) mass is 435 g/mol. The van der Waals surface area contributed by atoms with Crippen molar-refractivity contribution in [3.8, 4) is 0 Å². The summed E-state index contributed by atoms with van der Waals surface area (Å²) in [5.74, 6) is -0.108. The zero-order valence-electron chi connectivity index (χ0n) is 16.6. The fourth-order valence-corrected chi connectivity index (χ4v) is 4.40. The molecule has 0 saturated carbocycles. The number of halogens is 1. The topological polar surface area (TPSA) is 88.2 Å². The van der Waals surface area contributed by atoms with Crippen LogP contribution in [-0.2, 0) is 19.5 Å². The lowest BCUT2D eigenvalue weighted by Crippen LogP contribution is -2.38. The summed E-state index contributed by atoms with van der Waals surface area (Å²) in [5, 5.41) is 3.24. The molecule has 28 heavy (non-hydrogen) atoms. The van der Waals surface area contributed by atoms with E-state index in [1.165, 1.54) is 30.7 Å². The fourth-order valence-electron chi connectivity index (χ4n) is 3.00. The minimum Gasteiger partial charge on any atom is -0.383 e. The molecule has 1 fully saturated rings. The van der Waals surface area contributed by atoms with Crippen LogP contribution in [0.5, 0.6) is 0 Å². The third-order valence-corrected chi connectivity index (χ3v) is 6.64. The molecule has 1 atom stereocenters. The van der Waals surface area contributed by atoms with Crippen LogP contribution in [-0.4, -0.2) is 90.2 Å². The molecule has 10 heteroatoms. The largest absolute Gasteiger partial charge is 0.383 e. The number of rotatable bonds is 10. The second kappa shape index (κ2) is 11.7. The van der Waals surface area contributed by atoms with E-state index in [1.807, 2.05) is 0 Å². The SMILES string of the molecule is COCCN(CCOC)S(=O)(=O)c1ccc(C(=O)N(C)C2CCNC2)cc1.Cl. The second-order valence-corrected chi connectivity index (χ2v) is 8.41. The molecule has 160 valence electrons. The van der Waals surface area contributed by atoms with Gasteiger partial charge in [-0.1, -0.05) is 0 Å². The number of carbonyl (C=O) groups is 1. The number of benzene rings is 1. The molecule has 2 rings (SSSR count). The summed E-state index contributed by atoms with van der Waals surface area (Å²) >= 11 is 0. The predicted molar refractivity (Wildman–Crippen MR) is 110 cm³/mol. The number of likely N-dealkylation sites (N-methyl/N-ethyl adjacent to an activating group) is 1. The van der Waals surface area contributed by atoms with Crippen molar-refractivity contribution in [1.82, 2.24) is 14.5 Å². The van der Waals surface area contributed by atoms with Gasteiger partial charge >= 0.3 is 0 Å². The van der Waals surface area contributed by atoms with Crippen LogP contribution in [0.15, 0.2) is 29.2 Å². The third kappa shape index (κ3) is 6.13. The molecule has 0 aromatic heterocycles. The molecular formula is C18H30ClN3O5S. The summed E-state index contributed by atoms with van der Waals surface area (Å²) in [4.78, 5) is 14.5. The van der Waals surface area contributed by atoms with Gasteiger partial charge in [0.1, 0.15) is 0 Å². The van der Waals surface area contributed by atoms with Crippen molar-refractivity contribution in [1.29, 1.82) is 0 Å². The summed E-state index contributed by atoms with van der Waals surface area (Å²) in [5.41, 5.74) is 0.476. The Morgan fingerprint density at radius 1 is 1.14 bits per heavy atom. The maximum Gasteiger partial charge on any atom is 0.253 e. The highest BCUT2D eigenvalue weighted by molar-refractivity contribution is 7.89. The van der Waals surface area contributed by atoms with Crippen LogP contribution in [0, 0.1) is 0 Å². The van der Waals surface area contributed by atoms with E-state index in [9.17, 15) is 13.2 Å². The van der Waals surface area contributed by atoms with Crippen LogP contribution < -0.4 is 5.32 Å². The molecule has 1 unspecified atom stereocenters. The highest BCUT2D eigenvalue weighted by Gasteiger charge is 2.26. The minimum absolute atomic E-state index is 0. The van der Waals surface area contributed by atoms with Crippen LogP contribution in [0.1, 0.15) is 16.8 Å². The molecule has 1 heterocycles. The van der Waals surface area contributed by atoms with Gasteiger partial charge in [-0.25, -0.2) is 8.42 Å². The molecule has 1 saturated heterocycles. The van der Waals surface area contributed by atoms with Crippen molar-refractivity contribution in [3.63, 3.8) is 0 Å². The van der Waals surface area contributed by atoms with Gasteiger partial charge in [-0.15, -0.1) is 12.4 Å². The number of nitrogens with zero attached hydrogens (tertiary/aromatic N) is 2. The van der Waals surface area contributed by atoms with E-state index in [4.69, 9.17) is 9.47 Å². The van der Waals surface area contributed by atoms with Crippen LogP contribution in [0.3, 0.4) is 0 Å². The van der Waals surface area contributed by atoms with Crippen molar-refractivity contribution < 1.29 is 22.7 Å². The molecule has 0 bridgehead atoms. The quantitative estimate of drug-likeness (QED) is 0.585. The summed E-state index contributed by atoms with van der Waals surface area (Å²) < 4.78 is 37.1. The molecule has 1 aliphatic heterocycles. The summed E-state index contributed by atoms with van der Waals surface area (Å²) in [6.07, 6.45) is 0.919. The van der Waals surface area contributed by atoms with Crippen LogP contribution in [0.25, 0.3) is 0 Å². The molecule has 0 radical (unpaired) electrons. The zero-order chi connectivity index (χ0) is 19.9. The van der Waals surface area contributed by atoms with Gasteiger partial charge in [0.15, 0.2) is 0 Å². The number of nitrogens with one attached hydrogen (secondary N) is 1. The third-order valence-electron chi connectivity index (χ3n) is 4.73. The average Bonchev–Trinajstić information content (AvgIpc) is 3.21. The summed E-state index contributed by atoms with van der Waals surface area (Å²) in [6, 6.07) is 6.27. The molecule has 1 aromatic carbocycles. The lowest BCUT2D eigenvalue weighted by molar-refractivity contribution is 0.0743. The van der Waals surface area contributed by atoms with Gasteiger partial charge in [0.2, 0.25) is 10.0 Å². The Morgan fingerprint density at radius 2 is 1.71 bits per heavy atom. The van der Waals surface area contributed by atoms with Gasteiger partial charge in [-0.3, -0.25) is 4.79 Å². The predicted octanol–water partition coefficient (Wildman–Crippen LogP) is 0.826. The van der Waals surface area contributed by atoms with E-state index in [1.54, 1.807) is 24.1 Å². The first-order valence-corrected chi connectivity index (χ1v) is 10.4. The molecule has 1 aromatic rings. The number of ether oxygens (including phenoxy) is 2. The number of methoxy groups -OCH3 is 2. The van der Waals surface area contributed by atoms with Crippen molar-refractivity contribution in [2.75, 3.05) is 60.7 Å². The Labute approximate surface area is 173 Å². The number of amides is 1. The van der Waals surface area contributed by atoms with E-state index in [0.29, 0.717) is 18.8 Å². The maximum absolute atomic E-state index is 12.9. The number of carbonyl (C=O) groups excluding carboxylic acids is 1. The Balaban J connectivity index is 0.00000392. The zero-order valence-corrected chi connectivity index (χ0v) is 18.2. The van der Waals surface area contributed by atoms with E-state index in [-0.39, 0.29) is 42.3 Å². The van der Waals surface area contributed by atoms with Crippen LogP contribution >= 0.6 is 12.4 Å². The van der Waals surface area contributed by atoms with E-state index < -0.39 is 10.0 Å². The summed E-state index contributed by atoms with van der Waals surface area (Å²) in [7, 11) is 1.15. The van der Waals surface area contributed by atoms with Crippen LogP contribution in [0.4, 0.5) is 0 Å². The molecular weight excluding hydrogens is 406 g/mol. The lowest BCUT2D eigenvalue weighted by atomic mass is 10.1. The van der Waals surface area contributed by atoms with Crippen molar-refractivity contribution in [2.24, 2.45) is 0 Å². The van der Waals surface area contributed by atoms with Crippen LogP contribution in [0.2, 0.25) is 0 Å². The minimum atomic E-state index is -3.69. The Morgan fingerprint density at radius 3 is 2.18 bits per heavy atom. The maximum atomic E-state index is 12.9. The number of hydrogen-bond acceptors (Lipinski definition) is 6. The highest BCUT2D eigenvalue weighted by atomic mass is 35.5. The van der Waals surface area contributed by atoms with Gasteiger partial charge in [-0.2, -0.15) is 4.31 Å². The number of sulfonamides is 1. The van der Waals surface area contributed by atoms with E-state index >= 15 is 0 Å². The smallest absolute Gasteiger partial charge is 0.253 e. The Hall–Kier alpha value is -1.23. The Kier molecular flexibility index (Phi) is 10.4. The molecule has 1 N–H and O–H groups in total. The van der Waals surface area contributed by atoms with Gasteiger partial charge in [0, 0.05) is 52.5 Å². The molecule has 0 aliphatic carbocycles. The standard InChI is InChI=1S/C18H29N3O5S.ClH/c1-20(16-8-9-19-14-16)18(22)15-4-6-17(7-5-15)27(23,24)21(10-12-25-2)11-13-26-3;/h4-7,16,19H,8-14H2,1-3H3;1H. The van der Waals surface area contributed by atoms with Gasteiger partial charge < -0.3 is 19.7 Å². The summed E-state index contributed by atoms with van der Waals surface area (Å²) in [6.45, 7) is 2.74. The molecule has 8 nitrogen and oxygen atoms in total.